The predicted molar refractivity (Wildman–Crippen MR) is 90.8 cm³/mol. The van der Waals surface area contributed by atoms with Gasteiger partial charge in [-0.2, -0.15) is 8.42 Å². The van der Waals surface area contributed by atoms with E-state index in [1.807, 2.05) is 19.1 Å². The van der Waals surface area contributed by atoms with Crippen LogP contribution in [0, 0.1) is 6.92 Å². The summed E-state index contributed by atoms with van der Waals surface area (Å²) in [4.78, 5) is 11.3. The van der Waals surface area contributed by atoms with Crippen molar-refractivity contribution in [3.63, 3.8) is 0 Å². The van der Waals surface area contributed by atoms with Crippen LogP contribution >= 0.6 is 0 Å². The fourth-order valence-electron chi connectivity index (χ4n) is 2.45. The van der Waals surface area contributed by atoms with Crippen LogP contribution in [0.2, 0.25) is 0 Å². The summed E-state index contributed by atoms with van der Waals surface area (Å²) >= 11 is 0. The molecule has 3 rings (SSSR count). The smallest absolute Gasteiger partial charge is 0.336 e. The lowest BCUT2D eigenvalue weighted by Crippen LogP contribution is -2.03. The van der Waals surface area contributed by atoms with Crippen molar-refractivity contribution in [1.29, 1.82) is 0 Å². The number of rotatable bonds is 4. The lowest BCUT2D eigenvalue weighted by atomic mass is 10.1. The Kier molecular flexibility index (Phi) is 4.13. The van der Waals surface area contributed by atoms with E-state index in [1.54, 1.807) is 18.2 Å². The minimum atomic E-state index is -4.22. The highest BCUT2D eigenvalue weighted by atomic mass is 32.2. The molecule has 24 heavy (non-hydrogen) atoms. The quantitative estimate of drug-likeness (QED) is 0.557. The van der Waals surface area contributed by atoms with Gasteiger partial charge >= 0.3 is 5.63 Å². The van der Waals surface area contributed by atoms with Crippen molar-refractivity contribution in [2.45, 2.75) is 18.4 Å². The summed E-state index contributed by atoms with van der Waals surface area (Å²) in [6.45, 7) is 2.19. The van der Waals surface area contributed by atoms with E-state index in [2.05, 4.69) is 5.32 Å². The average molecular weight is 345 g/mol. The van der Waals surface area contributed by atoms with Crippen LogP contribution in [-0.2, 0) is 16.7 Å². The summed E-state index contributed by atoms with van der Waals surface area (Å²) in [6, 6.07) is 12.9. The molecule has 3 aromatic rings. The fourth-order valence-corrected chi connectivity index (χ4v) is 3.01. The third-order valence-electron chi connectivity index (χ3n) is 3.64. The largest absolute Gasteiger partial charge is 0.423 e. The maximum absolute atomic E-state index is 11.5. The summed E-state index contributed by atoms with van der Waals surface area (Å²) in [5.41, 5.74) is 2.34. The third-order valence-corrected chi connectivity index (χ3v) is 4.49. The van der Waals surface area contributed by atoms with E-state index in [-0.39, 0.29) is 4.90 Å². The highest BCUT2D eigenvalue weighted by molar-refractivity contribution is 7.85. The molecule has 0 bridgehead atoms. The zero-order chi connectivity index (χ0) is 17.3. The zero-order valence-electron chi connectivity index (χ0n) is 12.8. The molecule has 0 unspecified atom stereocenters. The number of hydrogen-bond acceptors (Lipinski definition) is 5. The molecule has 0 aliphatic heterocycles. The Morgan fingerprint density at radius 2 is 1.92 bits per heavy atom. The first-order valence-corrected chi connectivity index (χ1v) is 8.62. The van der Waals surface area contributed by atoms with Gasteiger partial charge in [-0.15, -0.1) is 0 Å². The van der Waals surface area contributed by atoms with E-state index < -0.39 is 15.7 Å². The minimum absolute atomic E-state index is 0.151. The number of anilines is 1. The molecule has 124 valence electrons. The van der Waals surface area contributed by atoms with Gasteiger partial charge < -0.3 is 9.73 Å². The Labute approximate surface area is 138 Å². The summed E-state index contributed by atoms with van der Waals surface area (Å²) in [5.74, 6) is 0. The minimum Gasteiger partial charge on any atom is -0.423 e. The van der Waals surface area contributed by atoms with Crippen LogP contribution in [0.1, 0.15) is 11.1 Å². The SMILES string of the molecule is Cc1cc(=O)oc2cc(NCc3cccc(S(=O)(=O)O)c3)ccc12. The topological polar surface area (TPSA) is 96.6 Å². The first kappa shape index (κ1) is 16.2. The highest BCUT2D eigenvalue weighted by Crippen LogP contribution is 2.21. The van der Waals surface area contributed by atoms with E-state index in [1.165, 1.54) is 18.2 Å². The number of aryl methyl sites for hydroxylation is 1. The molecule has 7 heteroatoms. The first-order chi connectivity index (χ1) is 11.3. The summed E-state index contributed by atoms with van der Waals surface area (Å²) in [7, 11) is -4.22. The Balaban J connectivity index is 1.85. The Hall–Kier alpha value is -2.64. The molecule has 0 aliphatic rings. The van der Waals surface area contributed by atoms with Crippen LogP contribution < -0.4 is 10.9 Å². The van der Waals surface area contributed by atoms with Crippen LogP contribution in [0.5, 0.6) is 0 Å². The Bertz CT molecular complexity index is 1070. The molecule has 0 saturated carbocycles. The van der Waals surface area contributed by atoms with Gasteiger partial charge in [0.1, 0.15) is 5.58 Å². The van der Waals surface area contributed by atoms with Crippen molar-refractivity contribution in [1.82, 2.24) is 0 Å². The van der Waals surface area contributed by atoms with Gasteiger partial charge in [-0.1, -0.05) is 12.1 Å². The third kappa shape index (κ3) is 3.47. The molecule has 2 N–H and O–H groups in total. The summed E-state index contributed by atoms with van der Waals surface area (Å²) in [5, 5.41) is 3.99. The number of hydrogen-bond donors (Lipinski definition) is 2. The lowest BCUT2D eigenvalue weighted by molar-refractivity contribution is 0.483. The second-order valence-electron chi connectivity index (χ2n) is 5.44. The van der Waals surface area contributed by atoms with Gasteiger partial charge in [0.2, 0.25) is 0 Å². The molecule has 0 saturated heterocycles. The van der Waals surface area contributed by atoms with Crippen molar-refractivity contribution in [3.8, 4) is 0 Å². The predicted octanol–water partition coefficient (Wildman–Crippen LogP) is 2.96. The van der Waals surface area contributed by atoms with Gasteiger partial charge in [0.15, 0.2) is 0 Å². The van der Waals surface area contributed by atoms with Crippen molar-refractivity contribution >= 4 is 26.8 Å². The zero-order valence-corrected chi connectivity index (χ0v) is 13.6. The van der Waals surface area contributed by atoms with Crippen molar-refractivity contribution in [2.24, 2.45) is 0 Å². The second kappa shape index (κ2) is 6.10. The van der Waals surface area contributed by atoms with Crippen LogP contribution in [0.15, 0.2) is 62.6 Å². The van der Waals surface area contributed by atoms with E-state index in [0.717, 1.165) is 16.6 Å². The van der Waals surface area contributed by atoms with Crippen LogP contribution in [-0.4, -0.2) is 13.0 Å². The molecule has 0 spiro atoms. The van der Waals surface area contributed by atoms with Gasteiger partial charge in [0, 0.05) is 29.8 Å². The first-order valence-electron chi connectivity index (χ1n) is 7.18. The van der Waals surface area contributed by atoms with Gasteiger partial charge in [0.05, 0.1) is 4.90 Å². The number of nitrogens with one attached hydrogen (secondary N) is 1. The molecule has 0 aliphatic carbocycles. The maximum atomic E-state index is 11.5. The molecule has 2 aromatic carbocycles. The molecule has 0 amide bonds. The van der Waals surface area contributed by atoms with Crippen LogP contribution in [0.25, 0.3) is 11.0 Å². The van der Waals surface area contributed by atoms with Gasteiger partial charge in [-0.25, -0.2) is 4.79 Å². The normalized spacial score (nSPS) is 11.6. The molecule has 0 atom stereocenters. The van der Waals surface area contributed by atoms with E-state index in [9.17, 15) is 13.2 Å². The van der Waals surface area contributed by atoms with E-state index in [0.29, 0.717) is 17.7 Å². The van der Waals surface area contributed by atoms with Crippen LogP contribution in [0.3, 0.4) is 0 Å². The maximum Gasteiger partial charge on any atom is 0.336 e. The van der Waals surface area contributed by atoms with E-state index in [4.69, 9.17) is 8.97 Å². The Morgan fingerprint density at radius 3 is 2.67 bits per heavy atom. The Morgan fingerprint density at radius 1 is 1.12 bits per heavy atom. The fraction of sp³-hybridized carbons (Fsp3) is 0.118. The molecule has 0 fully saturated rings. The van der Waals surface area contributed by atoms with Gasteiger partial charge in [-0.05, 0) is 42.3 Å². The average Bonchev–Trinajstić information content (AvgIpc) is 2.52. The molecule has 0 radical (unpaired) electrons. The van der Waals surface area contributed by atoms with Gasteiger partial charge in [-0.3, -0.25) is 4.55 Å². The van der Waals surface area contributed by atoms with E-state index >= 15 is 0 Å². The monoisotopic (exact) mass is 345 g/mol. The van der Waals surface area contributed by atoms with Crippen molar-refractivity contribution in [2.75, 3.05) is 5.32 Å². The lowest BCUT2D eigenvalue weighted by Gasteiger charge is -2.09. The number of benzene rings is 2. The summed E-state index contributed by atoms with van der Waals surface area (Å²) < 4.78 is 36.6. The highest BCUT2D eigenvalue weighted by Gasteiger charge is 2.09. The molecular formula is C17H15NO5S. The van der Waals surface area contributed by atoms with Gasteiger partial charge in [0.25, 0.3) is 10.1 Å². The number of fused-ring (bicyclic) bond motifs is 1. The molecule has 6 nitrogen and oxygen atoms in total. The molecular weight excluding hydrogens is 330 g/mol. The summed E-state index contributed by atoms with van der Waals surface area (Å²) in [6.07, 6.45) is 0. The van der Waals surface area contributed by atoms with Crippen molar-refractivity contribution < 1.29 is 17.4 Å². The standard InChI is InChI=1S/C17H15NO5S/c1-11-7-17(19)23-16-9-13(5-6-15(11)16)18-10-12-3-2-4-14(8-12)24(20,21)22/h2-9,18H,10H2,1H3,(H,20,21,22). The molecule has 1 aromatic heterocycles. The molecule has 1 heterocycles. The van der Waals surface area contributed by atoms with Crippen molar-refractivity contribution in [3.05, 3.63) is 70.1 Å². The van der Waals surface area contributed by atoms with Crippen LogP contribution in [0.4, 0.5) is 5.69 Å². The second-order valence-corrected chi connectivity index (χ2v) is 6.86.